The van der Waals surface area contributed by atoms with Gasteiger partial charge < -0.3 is 0 Å². The molecule has 0 bridgehead atoms. The number of aliphatic imine (C=N–C) groups is 1. The van der Waals surface area contributed by atoms with E-state index in [1.807, 2.05) is 0 Å². The van der Waals surface area contributed by atoms with Gasteiger partial charge in [-0.25, -0.2) is 9.48 Å². The van der Waals surface area contributed by atoms with Gasteiger partial charge in [-0.2, -0.15) is 0 Å². The first-order valence-electron chi connectivity index (χ1n) is 15.2. The van der Waals surface area contributed by atoms with E-state index in [1.165, 1.54) is 99.5 Å². The molecule has 3 aromatic rings. The summed E-state index contributed by atoms with van der Waals surface area (Å²) in [6.45, 7) is 15.2. The maximum absolute atomic E-state index is 5.68. The van der Waals surface area contributed by atoms with Crippen molar-refractivity contribution in [2.75, 3.05) is 18.1 Å². The summed E-state index contributed by atoms with van der Waals surface area (Å²) < 4.78 is 0.915. The lowest BCUT2D eigenvalue weighted by molar-refractivity contribution is 0.199. The number of hydrogen-bond donors (Lipinski definition) is 1. The highest BCUT2D eigenvalue weighted by Gasteiger charge is 2.76. The van der Waals surface area contributed by atoms with Crippen LogP contribution in [-0.2, 0) is 0 Å². The molecule has 2 unspecified atom stereocenters. The number of para-hydroxylation sites is 1. The van der Waals surface area contributed by atoms with Crippen LogP contribution in [0.3, 0.4) is 0 Å². The van der Waals surface area contributed by atoms with Crippen molar-refractivity contribution in [2.45, 2.75) is 85.4 Å². The number of aryl methyl sites for hydroxylation is 6. The molecule has 0 amide bonds. The highest BCUT2D eigenvalue weighted by molar-refractivity contribution is 6.07. The molecule has 3 aromatic carbocycles. The van der Waals surface area contributed by atoms with Gasteiger partial charge in [-0.1, -0.05) is 60.0 Å². The Bertz CT molecular complexity index is 1530. The highest BCUT2D eigenvalue weighted by atomic mass is 15.6. The first-order chi connectivity index (χ1) is 19.3. The molecule has 1 fully saturated rings. The maximum atomic E-state index is 5.68. The molecule has 4 nitrogen and oxygen atoms in total. The van der Waals surface area contributed by atoms with E-state index in [0.717, 1.165) is 17.7 Å². The summed E-state index contributed by atoms with van der Waals surface area (Å²) in [6, 6.07) is 21.3. The molecular weight excluding hydrogens is 488 g/mol. The summed E-state index contributed by atoms with van der Waals surface area (Å²) >= 11 is 0. The summed E-state index contributed by atoms with van der Waals surface area (Å²) in [7, 11) is 0. The van der Waals surface area contributed by atoms with E-state index in [4.69, 9.17) is 4.99 Å². The van der Waals surface area contributed by atoms with E-state index in [0.29, 0.717) is 6.04 Å². The Hall–Kier alpha value is -3.21. The van der Waals surface area contributed by atoms with Crippen LogP contribution in [0.1, 0.15) is 71.0 Å². The lowest BCUT2D eigenvalue weighted by atomic mass is 9.91. The molecule has 1 saturated carbocycles. The van der Waals surface area contributed by atoms with Crippen molar-refractivity contribution < 1.29 is 0 Å². The molecule has 2 atom stereocenters. The fraction of sp³-hybridized carbons (Fsp3) is 0.417. The van der Waals surface area contributed by atoms with E-state index in [9.17, 15) is 0 Å². The van der Waals surface area contributed by atoms with Crippen LogP contribution < -0.4 is 14.7 Å². The first-order valence-corrected chi connectivity index (χ1v) is 15.2. The number of hydrogen-bond acceptors (Lipinski definition) is 3. The topological polar surface area (TPSA) is 27.6 Å². The minimum Gasteiger partial charge on any atom is -0.287 e. The SMILES string of the molecule is Cc1cc(C)c(C2=NC3(NC2)C2=C3[N+](c3ccccc3)(C3CCCCC3)CN2c2c(C)cc(C)cc2C)c(C)c1. The number of benzene rings is 3. The van der Waals surface area contributed by atoms with Crippen LogP contribution in [0.4, 0.5) is 11.4 Å². The molecule has 1 N–H and O–H groups in total. The van der Waals surface area contributed by atoms with Gasteiger partial charge in [0.1, 0.15) is 11.4 Å². The Morgan fingerprint density at radius 2 is 1.40 bits per heavy atom. The predicted molar refractivity (Wildman–Crippen MR) is 168 cm³/mol. The number of rotatable bonds is 4. The van der Waals surface area contributed by atoms with E-state index >= 15 is 0 Å². The standard InChI is InChI=1S/C36H43N4/c1-23-17-25(3)32(26(4)18-23)31-21-37-36(38-31)34-35(36)40(29-13-9-7-10-14-29,30-15-11-8-12-16-30)22-39(34)33-27(5)19-24(2)20-28(33)6/h7,9-10,13-14,17-20,30,37H,8,11-12,15-16,21-22H2,1-6H3/q+1. The van der Waals surface area contributed by atoms with Gasteiger partial charge in [0.25, 0.3) is 0 Å². The minimum atomic E-state index is -0.422. The molecule has 4 aliphatic rings. The van der Waals surface area contributed by atoms with Gasteiger partial charge in [-0.05, 0) is 88.8 Å². The molecule has 4 heteroatoms. The van der Waals surface area contributed by atoms with E-state index in [2.05, 4.69) is 106 Å². The second kappa shape index (κ2) is 9.15. The van der Waals surface area contributed by atoms with Crippen molar-refractivity contribution in [3.05, 3.63) is 105 Å². The summed E-state index contributed by atoms with van der Waals surface area (Å²) in [4.78, 5) is 8.34. The molecular formula is C36H43N4+. The van der Waals surface area contributed by atoms with Crippen LogP contribution in [0.5, 0.6) is 0 Å². The van der Waals surface area contributed by atoms with Gasteiger partial charge >= 0.3 is 0 Å². The zero-order chi connectivity index (χ0) is 27.8. The fourth-order valence-electron chi connectivity index (χ4n) is 8.67. The molecule has 2 aliphatic carbocycles. The lowest BCUT2D eigenvalue weighted by Crippen LogP contribution is -2.62. The quantitative estimate of drug-likeness (QED) is 0.350. The number of nitrogens with one attached hydrogen (secondary N) is 1. The lowest BCUT2D eigenvalue weighted by Gasteiger charge is -2.46. The summed E-state index contributed by atoms with van der Waals surface area (Å²) in [5.74, 6) is 0. The summed E-state index contributed by atoms with van der Waals surface area (Å²) in [5.41, 5.74) is 15.8. The molecule has 2 heterocycles. The Morgan fingerprint density at radius 1 is 0.800 bits per heavy atom. The van der Waals surface area contributed by atoms with E-state index in [1.54, 1.807) is 0 Å². The van der Waals surface area contributed by atoms with Crippen LogP contribution in [0.25, 0.3) is 0 Å². The largest absolute Gasteiger partial charge is 0.287 e. The van der Waals surface area contributed by atoms with Gasteiger partial charge in [-0.3, -0.25) is 10.2 Å². The number of fused-ring (bicyclic) bond motifs is 2. The first kappa shape index (κ1) is 25.7. The van der Waals surface area contributed by atoms with Gasteiger partial charge in [0.15, 0.2) is 12.4 Å². The molecule has 7 rings (SSSR count). The van der Waals surface area contributed by atoms with Gasteiger partial charge in [0.05, 0.1) is 17.4 Å². The van der Waals surface area contributed by atoms with E-state index < -0.39 is 5.66 Å². The third kappa shape index (κ3) is 3.62. The van der Waals surface area contributed by atoms with Crippen molar-refractivity contribution in [2.24, 2.45) is 4.99 Å². The Morgan fingerprint density at radius 3 is 2.02 bits per heavy atom. The third-order valence-electron chi connectivity index (χ3n) is 9.98. The molecule has 1 spiro atoms. The predicted octanol–water partition coefficient (Wildman–Crippen LogP) is 7.67. The van der Waals surface area contributed by atoms with Crippen molar-refractivity contribution in [1.29, 1.82) is 0 Å². The van der Waals surface area contributed by atoms with Crippen molar-refractivity contribution in [3.63, 3.8) is 0 Å². The number of anilines is 1. The molecule has 0 saturated heterocycles. The molecule has 206 valence electrons. The van der Waals surface area contributed by atoms with E-state index in [-0.39, 0.29) is 0 Å². The van der Waals surface area contributed by atoms with Crippen LogP contribution in [0.15, 0.2) is 71.0 Å². The van der Waals surface area contributed by atoms with Crippen LogP contribution >= 0.6 is 0 Å². The second-order valence-corrected chi connectivity index (χ2v) is 12.9. The third-order valence-corrected chi connectivity index (χ3v) is 9.98. The van der Waals surface area contributed by atoms with Crippen molar-refractivity contribution in [3.8, 4) is 0 Å². The average Bonchev–Trinajstić information content (AvgIpc) is 3.17. The molecule has 2 aliphatic heterocycles. The van der Waals surface area contributed by atoms with Gasteiger partial charge in [0.2, 0.25) is 5.66 Å². The molecule has 40 heavy (non-hydrogen) atoms. The number of nitrogens with zero attached hydrogens (tertiary/aromatic N) is 3. The zero-order valence-corrected chi connectivity index (χ0v) is 25.1. The smallest absolute Gasteiger partial charge is 0.235 e. The molecule has 0 aromatic heterocycles. The second-order valence-electron chi connectivity index (χ2n) is 12.9. The van der Waals surface area contributed by atoms with Crippen LogP contribution in [-0.4, -0.2) is 30.6 Å². The van der Waals surface area contributed by atoms with Crippen molar-refractivity contribution >= 4 is 17.1 Å². The van der Waals surface area contributed by atoms with Crippen LogP contribution in [0.2, 0.25) is 0 Å². The monoisotopic (exact) mass is 531 g/mol. The summed E-state index contributed by atoms with van der Waals surface area (Å²) in [6.07, 6.45) is 6.54. The van der Waals surface area contributed by atoms with Gasteiger partial charge in [0, 0.05) is 24.9 Å². The fourth-order valence-corrected chi connectivity index (χ4v) is 8.67. The Labute approximate surface area is 240 Å². The van der Waals surface area contributed by atoms with Crippen molar-refractivity contribution in [1.82, 2.24) is 9.80 Å². The minimum absolute atomic E-state index is 0.422. The average molecular weight is 532 g/mol. The molecule has 0 radical (unpaired) electrons. The van der Waals surface area contributed by atoms with Crippen LogP contribution in [0, 0.1) is 41.5 Å². The number of quaternary nitrogens is 1. The van der Waals surface area contributed by atoms with Gasteiger partial charge in [-0.15, -0.1) is 0 Å². The Balaban J connectivity index is 1.43. The normalized spacial score (nSPS) is 26.1. The zero-order valence-electron chi connectivity index (χ0n) is 25.1. The summed E-state index contributed by atoms with van der Waals surface area (Å²) in [5, 5.41) is 4.01. The Kier molecular flexibility index (Phi) is 5.89. The maximum Gasteiger partial charge on any atom is 0.235 e. The highest BCUT2D eigenvalue weighted by Crippen LogP contribution is 2.63.